The van der Waals surface area contributed by atoms with Gasteiger partial charge in [0.15, 0.2) is 0 Å². The van der Waals surface area contributed by atoms with Gasteiger partial charge in [-0.1, -0.05) is 12.1 Å². The summed E-state index contributed by atoms with van der Waals surface area (Å²) in [4.78, 5) is 10.1. The number of hydrogen-bond acceptors (Lipinski definition) is 4. The number of anilines is 1. The number of fused-ring (bicyclic) bond motifs is 1. The van der Waals surface area contributed by atoms with Crippen LogP contribution in [0.1, 0.15) is 16.0 Å². The van der Waals surface area contributed by atoms with Gasteiger partial charge in [-0.05, 0) is 42.3 Å². The zero-order valence-corrected chi connectivity index (χ0v) is 13.5. The molecule has 2 heterocycles. The molecule has 3 aromatic rings. The van der Waals surface area contributed by atoms with Crippen molar-refractivity contribution in [2.24, 2.45) is 0 Å². The molecule has 3 rings (SSSR count). The molecule has 0 radical (unpaired) electrons. The van der Waals surface area contributed by atoms with E-state index in [4.69, 9.17) is 11.6 Å². The van der Waals surface area contributed by atoms with Gasteiger partial charge >= 0.3 is 6.18 Å². The summed E-state index contributed by atoms with van der Waals surface area (Å²) in [5, 5.41) is 3.95. The summed E-state index contributed by atoms with van der Waals surface area (Å²) < 4.78 is 38.2. The molecule has 23 heavy (non-hydrogen) atoms. The second kappa shape index (κ2) is 5.98. The number of nitrogens with one attached hydrogen (secondary N) is 1. The molecule has 0 spiro atoms. The van der Waals surface area contributed by atoms with Gasteiger partial charge in [0.25, 0.3) is 0 Å². The predicted molar refractivity (Wildman–Crippen MR) is 85.9 cm³/mol. The van der Waals surface area contributed by atoms with Gasteiger partial charge in [0.1, 0.15) is 10.6 Å². The summed E-state index contributed by atoms with van der Waals surface area (Å²) >= 11 is 7.38. The van der Waals surface area contributed by atoms with Crippen LogP contribution >= 0.6 is 22.9 Å². The molecule has 2 aromatic heterocycles. The zero-order valence-electron chi connectivity index (χ0n) is 11.9. The summed E-state index contributed by atoms with van der Waals surface area (Å²) in [5.41, 5.74) is -0.163. The molecule has 1 aromatic carbocycles. The van der Waals surface area contributed by atoms with Gasteiger partial charge in [-0.25, -0.2) is 9.97 Å². The average molecular weight is 358 g/mol. The number of nitrogens with zero attached hydrogens (tertiary/aromatic N) is 2. The number of rotatable bonds is 3. The van der Waals surface area contributed by atoms with Crippen molar-refractivity contribution in [2.45, 2.75) is 19.6 Å². The number of hydrogen-bond donors (Lipinski definition) is 1. The van der Waals surface area contributed by atoms with Crippen molar-refractivity contribution < 1.29 is 13.2 Å². The normalized spacial score (nSPS) is 11.9. The first-order valence-corrected chi connectivity index (χ1v) is 7.86. The van der Waals surface area contributed by atoms with Crippen LogP contribution in [0, 0.1) is 6.92 Å². The summed E-state index contributed by atoms with van der Waals surface area (Å²) in [6, 6.07) is 7.10. The smallest absolute Gasteiger partial charge is 0.365 e. The standard InChI is InChI=1S/C15H11ClF3N3S/c1-8-5-11-12(21-14(16)22-13(11)23-8)20-7-9-3-2-4-10(6-9)15(17,18)19/h2-6H,7H2,1H3,(H,20,21,22). The fourth-order valence-electron chi connectivity index (χ4n) is 2.19. The van der Waals surface area contributed by atoms with E-state index in [0.717, 1.165) is 27.2 Å². The molecule has 8 heteroatoms. The molecule has 0 aliphatic rings. The van der Waals surface area contributed by atoms with Crippen LogP contribution in [-0.2, 0) is 12.7 Å². The first-order chi connectivity index (χ1) is 10.8. The lowest BCUT2D eigenvalue weighted by molar-refractivity contribution is -0.137. The van der Waals surface area contributed by atoms with Crippen LogP contribution in [0.2, 0.25) is 5.28 Å². The quantitative estimate of drug-likeness (QED) is 0.648. The minimum atomic E-state index is -4.36. The molecule has 3 nitrogen and oxygen atoms in total. The lowest BCUT2D eigenvalue weighted by Gasteiger charge is -2.10. The van der Waals surface area contributed by atoms with Crippen LogP contribution in [0.5, 0.6) is 0 Å². The first-order valence-electron chi connectivity index (χ1n) is 6.66. The number of aromatic nitrogens is 2. The van der Waals surface area contributed by atoms with E-state index < -0.39 is 11.7 Å². The molecule has 0 bridgehead atoms. The molecule has 0 saturated heterocycles. The van der Waals surface area contributed by atoms with Gasteiger partial charge in [-0.15, -0.1) is 11.3 Å². The van der Waals surface area contributed by atoms with Gasteiger partial charge in [0, 0.05) is 11.4 Å². The van der Waals surface area contributed by atoms with E-state index in [0.29, 0.717) is 11.4 Å². The minimum Gasteiger partial charge on any atom is -0.365 e. The maximum Gasteiger partial charge on any atom is 0.416 e. The van der Waals surface area contributed by atoms with Crippen molar-refractivity contribution in [3.8, 4) is 0 Å². The highest BCUT2D eigenvalue weighted by Gasteiger charge is 2.30. The maximum atomic E-state index is 12.7. The van der Waals surface area contributed by atoms with E-state index in [1.807, 2.05) is 13.0 Å². The molecule has 0 aliphatic carbocycles. The Bertz CT molecular complexity index is 861. The molecule has 0 atom stereocenters. The molecule has 0 fully saturated rings. The molecule has 0 saturated carbocycles. The van der Waals surface area contributed by atoms with Gasteiger partial charge in [0.2, 0.25) is 5.28 Å². The summed E-state index contributed by atoms with van der Waals surface area (Å²) in [5.74, 6) is 0.516. The molecule has 0 amide bonds. The number of halogens is 4. The summed E-state index contributed by atoms with van der Waals surface area (Å²) in [7, 11) is 0. The third kappa shape index (κ3) is 3.56. The topological polar surface area (TPSA) is 37.8 Å². The van der Waals surface area contributed by atoms with E-state index in [1.54, 1.807) is 6.07 Å². The lowest BCUT2D eigenvalue weighted by atomic mass is 10.1. The second-order valence-electron chi connectivity index (χ2n) is 4.97. The fraction of sp³-hybridized carbons (Fsp3) is 0.200. The van der Waals surface area contributed by atoms with Crippen molar-refractivity contribution in [3.63, 3.8) is 0 Å². The number of benzene rings is 1. The predicted octanol–water partition coefficient (Wildman–Crippen LogP) is 5.28. The molecule has 0 unspecified atom stereocenters. The SMILES string of the molecule is Cc1cc2c(NCc3cccc(C(F)(F)F)c3)nc(Cl)nc2s1. The van der Waals surface area contributed by atoms with Crippen LogP contribution in [0.15, 0.2) is 30.3 Å². The third-order valence-electron chi connectivity index (χ3n) is 3.20. The van der Waals surface area contributed by atoms with Crippen LogP contribution in [-0.4, -0.2) is 9.97 Å². The summed E-state index contributed by atoms with van der Waals surface area (Å²) in [6.45, 7) is 2.15. The number of alkyl halides is 3. The Labute approximate surface area is 139 Å². The Morgan fingerprint density at radius 2 is 2.00 bits per heavy atom. The Morgan fingerprint density at radius 3 is 2.74 bits per heavy atom. The van der Waals surface area contributed by atoms with Crippen LogP contribution in [0.25, 0.3) is 10.2 Å². The number of aryl methyl sites for hydroxylation is 1. The van der Waals surface area contributed by atoms with Gasteiger partial charge in [0.05, 0.1) is 10.9 Å². The molecule has 120 valence electrons. The van der Waals surface area contributed by atoms with Crippen LogP contribution < -0.4 is 5.32 Å². The van der Waals surface area contributed by atoms with E-state index in [1.165, 1.54) is 17.4 Å². The van der Waals surface area contributed by atoms with Crippen molar-refractivity contribution in [1.82, 2.24) is 9.97 Å². The summed E-state index contributed by atoms with van der Waals surface area (Å²) in [6.07, 6.45) is -4.36. The van der Waals surface area contributed by atoms with E-state index in [2.05, 4.69) is 15.3 Å². The van der Waals surface area contributed by atoms with E-state index in [-0.39, 0.29) is 11.8 Å². The van der Waals surface area contributed by atoms with Crippen LogP contribution in [0.3, 0.4) is 0 Å². The van der Waals surface area contributed by atoms with E-state index >= 15 is 0 Å². The Hall–Kier alpha value is -1.86. The average Bonchev–Trinajstić information content (AvgIpc) is 2.84. The molecular formula is C15H11ClF3N3S. The lowest BCUT2D eigenvalue weighted by Crippen LogP contribution is -2.07. The monoisotopic (exact) mass is 357 g/mol. The van der Waals surface area contributed by atoms with Crippen molar-refractivity contribution in [1.29, 1.82) is 0 Å². The highest BCUT2D eigenvalue weighted by atomic mass is 35.5. The first kappa shape index (κ1) is 16.0. The largest absolute Gasteiger partial charge is 0.416 e. The van der Waals surface area contributed by atoms with Gasteiger partial charge in [-0.3, -0.25) is 0 Å². The van der Waals surface area contributed by atoms with Gasteiger partial charge in [-0.2, -0.15) is 13.2 Å². The maximum absolute atomic E-state index is 12.7. The van der Waals surface area contributed by atoms with Crippen molar-refractivity contribution in [2.75, 3.05) is 5.32 Å². The fourth-order valence-corrected chi connectivity index (χ4v) is 3.29. The molecular weight excluding hydrogens is 347 g/mol. The Morgan fingerprint density at radius 1 is 1.22 bits per heavy atom. The van der Waals surface area contributed by atoms with Crippen molar-refractivity contribution in [3.05, 3.63) is 51.6 Å². The highest BCUT2D eigenvalue weighted by Crippen LogP contribution is 2.31. The minimum absolute atomic E-state index is 0.103. The van der Waals surface area contributed by atoms with Crippen molar-refractivity contribution >= 4 is 39.0 Å². The second-order valence-corrected chi connectivity index (χ2v) is 6.54. The molecule has 0 aliphatic heterocycles. The Balaban J connectivity index is 1.86. The highest BCUT2D eigenvalue weighted by molar-refractivity contribution is 7.18. The van der Waals surface area contributed by atoms with E-state index in [9.17, 15) is 13.2 Å². The number of thiophene rings is 1. The van der Waals surface area contributed by atoms with Gasteiger partial charge < -0.3 is 5.32 Å². The Kier molecular flexibility index (Phi) is 4.16. The molecule has 1 N–H and O–H groups in total. The van der Waals surface area contributed by atoms with Crippen LogP contribution in [0.4, 0.5) is 19.0 Å². The zero-order chi connectivity index (χ0) is 16.6. The third-order valence-corrected chi connectivity index (χ3v) is 4.32.